The van der Waals surface area contributed by atoms with Gasteiger partial charge < -0.3 is 4.90 Å². The molecule has 2 aliphatic rings. The van der Waals surface area contributed by atoms with Crippen LogP contribution in [0, 0.1) is 17.8 Å². The van der Waals surface area contributed by atoms with Crippen LogP contribution in [-0.4, -0.2) is 29.2 Å². The number of amides is 1. The maximum absolute atomic E-state index is 12.1. The van der Waals surface area contributed by atoms with Gasteiger partial charge in [-0.05, 0) is 51.9 Å². The van der Waals surface area contributed by atoms with E-state index in [1.165, 1.54) is 0 Å². The summed E-state index contributed by atoms with van der Waals surface area (Å²) in [5.74, 6) is 1.69. The van der Waals surface area contributed by atoms with Crippen molar-refractivity contribution in [3.05, 3.63) is 12.2 Å². The van der Waals surface area contributed by atoms with Gasteiger partial charge in [0.25, 0.3) is 0 Å². The van der Waals surface area contributed by atoms with E-state index in [4.69, 9.17) is 0 Å². The van der Waals surface area contributed by atoms with Crippen LogP contribution in [-0.2, 0) is 9.59 Å². The minimum atomic E-state index is 0.0782. The molecule has 4 unspecified atom stereocenters. The SMILES string of the molecule is C=C(C)C(=O)N(CC)C1CC2CC1CC2C(C)=O. The second-order valence-electron chi connectivity index (χ2n) is 5.88. The number of ketones is 1. The van der Waals surface area contributed by atoms with Gasteiger partial charge in [-0.2, -0.15) is 0 Å². The first-order chi connectivity index (χ1) is 8.45. The van der Waals surface area contributed by atoms with Gasteiger partial charge in [0.1, 0.15) is 5.78 Å². The number of Topliss-reactive ketones (excluding diaryl/α,β-unsaturated/α-hetero) is 1. The normalized spacial score (nSPS) is 33.5. The van der Waals surface area contributed by atoms with Crippen molar-refractivity contribution < 1.29 is 9.59 Å². The zero-order valence-corrected chi connectivity index (χ0v) is 11.6. The Hall–Kier alpha value is -1.12. The van der Waals surface area contributed by atoms with Crippen LogP contribution in [0.2, 0.25) is 0 Å². The highest BCUT2D eigenvalue weighted by atomic mass is 16.2. The monoisotopic (exact) mass is 249 g/mol. The van der Waals surface area contributed by atoms with Crippen LogP contribution in [0.1, 0.15) is 40.0 Å². The van der Waals surface area contributed by atoms with Gasteiger partial charge in [-0.25, -0.2) is 0 Å². The van der Waals surface area contributed by atoms with Gasteiger partial charge in [0.2, 0.25) is 5.91 Å². The van der Waals surface area contributed by atoms with Gasteiger partial charge in [0.15, 0.2) is 0 Å². The number of hydrogen-bond acceptors (Lipinski definition) is 2. The number of carbonyl (C=O) groups is 2. The highest BCUT2D eigenvalue weighted by Gasteiger charge is 2.49. The van der Waals surface area contributed by atoms with Gasteiger partial charge in [-0.15, -0.1) is 0 Å². The largest absolute Gasteiger partial charge is 0.336 e. The topological polar surface area (TPSA) is 37.4 Å². The van der Waals surface area contributed by atoms with E-state index in [9.17, 15) is 9.59 Å². The summed E-state index contributed by atoms with van der Waals surface area (Å²) in [6.45, 7) is 10.00. The van der Waals surface area contributed by atoms with Crippen LogP contribution in [0.25, 0.3) is 0 Å². The zero-order chi connectivity index (χ0) is 13.4. The molecule has 0 aromatic rings. The Morgan fingerprint density at radius 1 is 1.17 bits per heavy atom. The van der Waals surface area contributed by atoms with E-state index in [1.54, 1.807) is 13.8 Å². The van der Waals surface area contributed by atoms with E-state index in [2.05, 4.69) is 6.58 Å². The average Bonchev–Trinajstić information content (AvgIpc) is 2.89. The van der Waals surface area contributed by atoms with Crippen LogP contribution in [0.15, 0.2) is 12.2 Å². The Kier molecular flexibility index (Phi) is 3.60. The number of likely N-dealkylation sites (N-methyl/N-ethyl adjacent to an activating group) is 1. The van der Waals surface area contributed by atoms with E-state index in [0.29, 0.717) is 29.2 Å². The average molecular weight is 249 g/mol. The number of hydrogen-bond donors (Lipinski definition) is 0. The molecule has 18 heavy (non-hydrogen) atoms. The summed E-state index contributed by atoms with van der Waals surface area (Å²) >= 11 is 0. The molecule has 0 spiro atoms. The molecule has 2 bridgehead atoms. The Balaban J connectivity index is 2.07. The van der Waals surface area contributed by atoms with Gasteiger partial charge in [-0.3, -0.25) is 9.59 Å². The summed E-state index contributed by atoms with van der Waals surface area (Å²) < 4.78 is 0. The first-order valence-corrected chi connectivity index (χ1v) is 6.92. The maximum Gasteiger partial charge on any atom is 0.249 e. The fourth-order valence-electron chi connectivity index (χ4n) is 3.90. The van der Waals surface area contributed by atoms with E-state index in [-0.39, 0.29) is 11.8 Å². The molecule has 2 aliphatic carbocycles. The van der Waals surface area contributed by atoms with Gasteiger partial charge in [0, 0.05) is 24.1 Å². The first kappa shape index (κ1) is 13.3. The third-order valence-corrected chi connectivity index (χ3v) is 4.71. The Bertz CT molecular complexity index is 388. The van der Waals surface area contributed by atoms with Crippen molar-refractivity contribution in [3.8, 4) is 0 Å². The Morgan fingerprint density at radius 2 is 1.83 bits per heavy atom. The van der Waals surface area contributed by atoms with Crippen molar-refractivity contribution in [1.82, 2.24) is 4.90 Å². The number of rotatable bonds is 4. The van der Waals surface area contributed by atoms with Crippen molar-refractivity contribution >= 4 is 11.7 Å². The van der Waals surface area contributed by atoms with Crippen LogP contribution in [0.4, 0.5) is 0 Å². The molecule has 0 heterocycles. The standard InChI is InChI=1S/C15H23NO2/c1-5-16(15(18)9(2)3)14-8-11-6-12(14)7-13(11)10(4)17/h11-14H,2,5-8H2,1,3-4H3. The highest BCUT2D eigenvalue weighted by Crippen LogP contribution is 2.50. The van der Waals surface area contributed by atoms with Gasteiger partial charge in [-0.1, -0.05) is 6.58 Å². The molecule has 4 atom stereocenters. The second-order valence-corrected chi connectivity index (χ2v) is 5.88. The molecule has 1 amide bonds. The summed E-state index contributed by atoms with van der Waals surface area (Å²) in [5.41, 5.74) is 0.614. The maximum atomic E-state index is 12.1. The molecule has 2 fully saturated rings. The molecule has 100 valence electrons. The molecule has 2 rings (SSSR count). The Labute approximate surface area is 109 Å². The quantitative estimate of drug-likeness (QED) is 0.718. The molecule has 3 heteroatoms. The molecule has 0 radical (unpaired) electrons. The number of nitrogens with zero attached hydrogens (tertiary/aromatic N) is 1. The second kappa shape index (κ2) is 4.87. The zero-order valence-electron chi connectivity index (χ0n) is 11.6. The van der Waals surface area contributed by atoms with Gasteiger partial charge in [0.05, 0.1) is 0 Å². The molecule has 0 N–H and O–H groups in total. The van der Waals surface area contributed by atoms with Crippen molar-refractivity contribution in [3.63, 3.8) is 0 Å². The Morgan fingerprint density at radius 3 is 2.22 bits per heavy atom. The van der Waals surface area contributed by atoms with E-state index >= 15 is 0 Å². The highest BCUT2D eigenvalue weighted by molar-refractivity contribution is 5.92. The van der Waals surface area contributed by atoms with E-state index in [1.807, 2.05) is 11.8 Å². The molecule has 3 nitrogen and oxygen atoms in total. The lowest BCUT2D eigenvalue weighted by Gasteiger charge is -2.35. The van der Waals surface area contributed by atoms with Crippen molar-refractivity contribution in [2.24, 2.45) is 17.8 Å². The summed E-state index contributed by atoms with van der Waals surface area (Å²) in [6, 6.07) is 0.333. The first-order valence-electron chi connectivity index (χ1n) is 6.92. The molecule has 0 aromatic heterocycles. The summed E-state index contributed by atoms with van der Waals surface area (Å²) in [4.78, 5) is 25.6. The molecule has 0 saturated heterocycles. The van der Waals surface area contributed by atoms with Crippen LogP contribution in [0.3, 0.4) is 0 Å². The summed E-state index contributed by atoms with van der Waals surface area (Å²) in [7, 11) is 0. The molecule has 0 aromatic carbocycles. The summed E-state index contributed by atoms with van der Waals surface area (Å²) in [5, 5.41) is 0. The van der Waals surface area contributed by atoms with Crippen molar-refractivity contribution in [2.45, 2.75) is 46.1 Å². The molecule has 0 aliphatic heterocycles. The number of fused-ring (bicyclic) bond motifs is 2. The molecular formula is C15H23NO2. The van der Waals surface area contributed by atoms with E-state index < -0.39 is 0 Å². The van der Waals surface area contributed by atoms with Crippen LogP contribution >= 0.6 is 0 Å². The van der Waals surface area contributed by atoms with Crippen molar-refractivity contribution in [2.75, 3.05) is 6.54 Å². The van der Waals surface area contributed by atoms with E-state index in [0.717, 1.165) is 25.8 Å². The predicted octanol–water partition coefficient (Wildman–Crippen LogP) is 2.41. The lowest BCUT2D eigenvalue weighted by atomic mass is 9.83. The van der Waals surface area contributed by atoms with Gasteiger partial charge >= 0.3 is 0 Å². The molecular weight excluding hydrogens is 226 g/mol. The predicted molar refractivity (Wildman–Crippen MR) is 71.0 cm³/mol. The minimum Gasteiger partial charge on any atom is -0.336 e. The lowest BCUT2D eigenvalue weighted by molar-refractivity contribution is -0.130. The smallest absolute Gasteiger partial charge is 0.249 e. The fraction of sp³-hybridized carbons (Fsp3) is 0.733. The molecule has 2 saturated carbocycles. The fourth-order valence-corrected chi connectivity index (χ4v) is 3.90. The third kappa shape index (κ3) is 2.11. The minimum absolute atomic E-state index is 0.0782. The third-order valence-electron chi connectivity index (χ3n) is 4.71. The summed E-state index contributed by atoms with van der Waals surface area (Å²) in [6.07, 6.45) is 3.10. The van der Waals surface area contributed by atoms with Crippen molar-refractivity contribution in [1.29, 1.82) is 0 Å². The lowest BCUT2D eigenvalue weighted by Crippen LogP contribution is -2.44. The number of carbonyl (C=O) groups excluding carboxylic acids is 2. The van der Waals surface area contributed by atoms with Crippen LogP contribution < -0.4 is 0 Å². The van der Waals surface area contributed by atoms with Crippen LogP contribution in [0.5, 0.6) is 0 Å².